The Morgan fingerprint density at radius 2 is 1.79 bits per heavy atom. The number of carbonyl (C=O) groups excluding carboxylic acids is 1. The van der Waals surface area contributed by atoms with Crippen molar-refractivity contribution in [3.63, 3.8) is 0 Å². The van der Waals surface area contributed by atoms with Gasteiger partial charge in [0.25, 0.3) is 0 Å². The van der Waals surface area contributed by atoms with Crippen molar-refractivity contribution in [1.82, 2.24) is 20.0 Å². The van der Waals surface area contributed by atoms with Crippen LogP contribution in [-0.4, -0.2) is 90.7 Å². The van der Waals surface area contributed by atoms with E-state index < -0.39 is 0 Å². The molecule has 1 amide bonds. The van der Waals surface area contributed by atoms with E-state index in [1.807, 2.05) is 0 Å². The van der Waals surface area contributed by atoms with Crippen molar-refractivity contribution in [1.29, 1.82) is 0 Å². The first-order chi connectivity index (χ1) is 14.0. The molecule has 3 rings (SSSR count). The van der Waals surface area contributed by atoms with Crippen molar-refractivity contribution in [3.05, 3.63) is 34.9 Å². The fraction of sp³-hybridized carbons (Fsp3) is 0.696. The lowest BCUT2D eigenvalue weighted by Crippen LogP contribution is -2.54. The number of amides is 1. The molecule has 2 saturated heterocycles. The minimum Gasteiger partial charge on any atom is -0.395 e. The Kier molecular flexibility index (Phi) is 8.07. The molecule has 0 saturated carbocycles. The molecule has 2 aliphatic heterocycles. The summed E-state index contributed by atoms with van der Waals surface area (Å²) in [6, 6.07) is 7.09. The third kappa shape index (κ3) is 6.25. The number of hydrogen-bond acceptors (Lipinski definition) is 5. The van der Waals surface area contributed by atoms with Gasteiger partial charge in [0.15, 0.2) is 0 Å². The van der Waals surface area contributed by atoms with E-state index in [1.54, 1.807) is 0 Å². The highest BCUT2D eigenvalue weighted by Gasteiger charge is 2.28. The molecular formula is C23H38N4O2. The van der Waals surface area contributed by atoms with Crippen molar-refractivity contribution in [2.75, 3.05) is 59.0 Å². The zero-order chi connectivity index (χ0) is 20.8. The summed E-state index contributed by atoms with van der Waals surface area (Å²) in [6.45, 7) is 14.1. The van der Waals surface area contributed by atoms with Crippen molar-refractivity contribution in [3.8, 4) is 0 Å². The SMILES string of the molecule is Cc1ccc(C)c(C(C)NC(=O)CN2CCC(N3CCN(CCO)CC3)CC2)c1. The van der Waals surface area contributed by atoms with Gasteiger partial charge in [0, 0.05) is 51.9 Å². The summed E-state index contributed by atoms with van der Waals surface area (Å²) < 4.78 is 0. The van der Waals surface area contributed by atoms with Crippen LogP contribution in [0, 0.1) is 13.8 Å². The normalized spacial score (nSPS) is 21.2. The second-order valence-electron chi connectivity index (χ2n) is 8.76. The van der Waals surface area contributed by atoms with E-state index in [9.17, 15) is 4.79 Å². The number of benzene rings is 1. The van der Waals surface area contributed by atoms with Crippen LogP contribution in [0.15, 0.2) is 18.2 Å². The van der Waals surface area contributed by atoms with E-state index in [0.717, 1.165) is 58.7 Å². The van der Waals surface area contributed by atoms with Gasteiger partial charge in [0.05, 0.1) is 19.2 Å². The molecule has 0 aromatic heterocycles. The Hall–Kier alpha value is -1.47. The predicted molar refractivity (Wildman–Crippen MR) is 117 cm³/mol. The third-order valence-electron chi connectivity index (χ3n) is 6.54. The van der Waals surface area contributed by atoms with Gasteiger partial charge in [-0.25, -0.2) is 0 Å². The molecule has 1 atom stereocenters. The molecule has 0 aliphatic carbocycles. The lowest BCUT2D eigenvalue weighted by molar-refractivity contribution is -0.123. The fourth-order valence-corrected chi connectivity index (χ4v) is 4.73. The topological polar surface area (TPSA) is 59.1 Å². The van der Waals surface area contributed by atoms with Crippen molar-refractivity contribution in [2.45, 2.75) is 45.7 Å². The number of aliphatic hydroxyl groups is 1. The van der Waals surface area contributed by atoms with E-state index in [4.69, 9.17) is 5.11 Å². The first kappa shape index (κ1) is 22.2. The minimum absolute atomic E-state index is 0.0372. The van der Waals surface area contributed by atoms with Gasteiger partial charge >= 0.3 is 0 Å². The molecule has 1 aromatic carbocycles. The average molecular weight is 403 g/mol. The Labute approximate surface area is 175 Å². The summed E-state index contributed by atoms with van der Waals surface area (Å²) in [6.07, 6.45) is 2.28. The van der Waals surface area contributed by atoms with Crippen molar-refractivity contribution >= 4 is 5.91 Å². The minimum atomic E-state index is 0.0372. The van der Waals surface area contributed by atoms with Crippen LogP contribution in [0.5, 0.6) is 0 Å². The van der Waals surface area contributed by atoms with Crippen LogP contribution in [0.25, 0.3) is 0 Å². The number of likely N-dealkylation sites (tertiary alicyclic amines) is 1. The number of piperidine rings is 1. The number of β-amino-alcohol motifs (C(OH)–C–C–N with tert-alkyl or cyclic N) is 1. The van der Waals surface area contributed by atoms with E-state index in [0.29, 0.717) is 12.6 Å². The van der Waals surface area contributed by atoms with Gasteiger partial charge in [-0.2, -0.15) is 0 Å². The van der Waals surface area contributed by atoms with Crippen LogP contribution >= 0.6 is 0 Å². The molecule has 6 nitrogen and oxygen atoms in total. The van der Waals surface area contributed by atoms with Gasteiger partial charge in [-0.05, 0) is 44.7 Å². The van der Waals surface area contributed by atoms with Crippen LogP contribution in [0.3, 0.4) is 0 Å². The van der Waals surface area contributed by atoms with Gasteiger partial charge in [0.1, 0.15) is 0 Å². The number of nitrogens with zero attached hydrogens (tertiary/aromatic N) is 3. The largest absolute Gasteiger partial charge is 0.395 e. The maximum atomic E-state index is 12.6. The van der Waals surface area contributed by atoms with Crippen LogP contribution in [0.4, 0.5) is 0 Å². The quantitative estimate of drug-likeness (QED) is 0.725. The van der Waals surface area contributed by atoms with Gasteiger partial charge in [0.2, 0.25) is 5.91 Å². The van der Waals surface area contributed by atoms with E-state index in [-0.39, 0.29) is 18.6 Å². The molecule has 2 fully saturated rings. The van der Waals surface area contributed by atoms with Crippen molar-refractivity contribution < 1.29 is 9.90 Å². The number of rotatable bonds is 7. The van der Waals surface area contributed by atoms with Gasteiger partial charge in [-0.1, -0.05) is 23.8 Å². The van der Waals surface area contributed by atoms with E-state index in [2.05, 4.69) is 59.0 Å². The smallest absolute Gasteiger partial charge is 0.234 e. The summed E-state index contributed by atoms with van der Waals surface area (Å²) in [5.74, 6) is 0.120. The van der Waals surface area contributed by atoms with Crippen LogP contribution in [0.1, 0.15) is 42.5 Å². The molecule has 0 spiro atoms. The molecule has 29 heavy (non-hydrogen) atoms. The number of piperazine rings is 1. The van der Waals surface area contributed by atoms with Crippen LogP contribution < -0.4 is 5.32 Å². The Bertz CT molecular complexity index is 665. The molecule has 162 valence electrons. The average Bonchev–Trinajstić information content (AvgIpc) is 2.71. The Balaban J connectivity index is 1.40. The Morgan fingerprint density at radius 1 is 1.10 bits per heavy atom. The zero-order valence-electron chi connectivity index (χ0n) is 18.4. The number of nitrogens with one attached hydrogen (secondary N) is 1. The van der Waals surface area contributed by atoms with E-state index in [1.165, 1.54) is 16.7 Å². The van der Waals surface area contributed by atoms with Gasteiger partial charge < -0.3 is 10.4 Å². The lowest BCUT2D eigenvalue weighted by Gasteiger charge is -2.42. The second-order valence-corrected chi connectivity index (χ2v) is 8.76. The number of carbonyl (C=O) groups is 1. The molecule has 2 aliphatic rings. The first-order valence-electron chi connectivity index (χ1n) is 11.1. The number of aryl methyl sites for hydroxylation is 2. The maximum absolute atomic E-state index is 12.6. The monoisotopic (exact) mass is 402 g/mol. The molecule has 1 aromatic rings. The standard InChI is InChI=1S/C23H38N4O2/c1-18-4-5-19(2)22(16-18)20(3)24-23(29)17-26-8-6-21(7-9-26)27-12-10-25(11-13-27)14-15-28/h4-5,16,20-21,28H,6-15,17H2,1-3H3,(H,24,29). The summed E-state index contributed by atoms with van der Waals surface area (Å²) in [5, 5.41) is 12.3. The molecule has 2 N–H and O–H groups in total. The fourth-order valence-electron chi connectivity index (χ4n) is 4.73. The van der Waals surface area contributed by atoms with Crippen LogP contribution in [-0.2, 0) is 4.79 Å². The molecular weight excluding hydrogens is 364 g/mol. The highest BCUT2D eigenvalue weighted by atomic mass is 16.3. The van der Waals surface area contributed by atoms with Crippen LogP contribution in [0.2, 0.25) is 0 Å². The number of hydrogen-bond donors (Lipinski definition) is 2. The summed E-state index contributed by atoms with van der Waals surface area (Å²) in [7, 11) is 0. The molecule has 0 radical (unpaired) electrons. The predicted octanol–water partition coefficient (Wildman–Crippen LogP) is 1.55. The summed E-state index contributed by atoms with van der Waals surface area (Å²) >= 11 is 0. The zero-order valence-corrected chi connectivity index (χ0v) is 18.4. The molecule has 1 unspecified atom stereocenters. The first-order valence-corrected chi connectivity index (χ1v) is 11.1. The number of aliphatic hydroxyl groups excluding tert-OH is 1. The molecule has 2 heterocycles. The molecule has 0 bridgehead atoms. The third-order valence-corrected chi connectivity index (χ3v) is 6.54. The molecule has 6 heteroatoms. The maximum Gasteiger partial charge on any atom is 0.234 e. The lowest BCUT2D eigenvalue weighted by atomic mass is 10.00. The van der Waals surface area contributed by atoms with Gasteiger partial charge in [-0.15, -0.1) is 0 Å². The second kappa shape index (κ2) is 10.5. The van der Waals surface area contributed by atoms with Crippen molar-refractivity contribution in [2.24, 2.45) is 0 Å². The highest BCUT2D eigenvalue weighted by Crippen LogP contribution is 2.20. The summed E-state index contributed by atoms with van der Waals surface area (Å²) in [4.78, 5) is 19.8. The van der Waals surface area contributed by atoms with E-state index >= 15 is 0 Å². The summed E-state index contributed by atoms with van der Waals surface area (Å²) in [5.41, 5.74) is 3.66. The Morgan fingerprint density at radius 3 is 2.45 bits per heavy atom. The highest BCUT2D eigenvalue weighted by molar-refractivity contribution is 5.78. The van der Waals surface area contributed by atoms with Gasteiger partial charge in [-0.3, -0.25) is 19.5 Å².